The highest BCUT2D eigenvalue weighted by molar-refractivity contribution is 5.90. The maximum atomic E-state index is 13.9. The highest BCUT2D eigenvalue weighted by Gasteiger charge is 2.30. The van der Waals surface area contributed by atoms with Crippen LogP contribution in [0.3, 0.4) is 0 Å². The number of carbonyl (C=O) groups is 6. The molecule has 16 heteroatoms. The number of aliphatic carboxylic acids is 1. The Morgan fingerprint density at radius 3 is 1.72 bits per heavy atom. The number of alkyl carbamates (subject to hydrolysis) is 3. The first kappa shape index (κ1) is 51.1. The quantitative estimate of drug-likeness (QED) is 0.0257. The predicted molar refractivity (Wildman–Crippen MR) is 252 cm³/mol. The number of nitrogens with one attached hydrogen (secondary N) is 4. The van der Waals surface area contributed by atoms with Gasteiger partial charge in [0, 0.05) is 19.4 Å². The minimum Gasteiger partial charge on any atom is -0.489 e. The van der Waals surface area contributed by atoms with E-state index in [0.29, 0.717) is 28.0 Å². The number of benzene rings is 5. The van der Waals surface area contributed by atoms with Gasteiger partial charge in [-0.2, -0.15) is 0 Å². The molecule has 3 atom stereocenters. The Hall–Kier alpha value is -7.88. The zero-order valence-electron chi connectivity index (χ0n) is 38.5. The lowest BCUT2D eigenvalue weighted by Crippen LogP contribution is -2.53. The maximum absolute atomic E-state index is 13.9. The van der Waals surface area contributed by atoms with Crippen LogP contribution in [0.2, 0.25) is 0 Å². The maximum Gasteiger partial charge on any atom is 0.408 e. The molecule has 0 spiro atoms. The molecular formula is C52H58N4O12. The summed E-state index contributed by atoms with van der Waals surface area (Å²) in [5, 5.41) is 20.7. The molecule has 5 aromatic carbocycles. The highest BCUT2D eigenvalue weighted by atomic mass is 16.6. The lowest BCUT2D eigenvalue weighted by atomic mass is 9.96. The van der Waals surface area contributed by atoms with Crippen molar-refractivity contribution in [2.24, 2.45) is 0 Å². The van der Waals surface area contributed by atoms with Gasteiger partial charge >= 0.3 is 30.2 Å². The fourth-order valence-electron chi connectivity index (χ4n) is 6.83. The SMILES string of the molecule is COC(=O)[C@H](Cc1cccc(-c2ccc(OCc3ccccc3)c(C[C@H](NC(=O)OCc3ccccc3)C(=O)O)c2)c1)NC(=O)[C@H](CCCNC(=O)OCc1ccccc1)NC(=O)OC(C)(C)C. The molecule has 0 unspecified atom stereocenters. The summed E-state index contributed by atoms with van der Waals surface area (Å²) in [5.74, 6) is -2.30. The summed E-state index contributed by atoms with van der Waals surface area (Å²) in [6.45, 7) is 5.39. The topological polar surface area (TPSA) is 217 Å². The van der Waals surface area contributed by atoms with Crippen LogP contribution in [0.15, 0.2) is 133 Å². The van der Waals surface area contributed by atoms with Crippen LogP contribution in [0.5, 0.6) is 5.75 Å². The summed E-state index contributed by atoms with van der Waals surface area (Å²) < 4.78 is 27.3. The first-order valence-electron chi connectivity index (χ1n) is 22.1. The van der Waals surface area contributed by atoms with Crippen LogP contribution in [0, 0.1) is 0 Å². The van der Waals surface area contributed by atoms with Gasteiger partial charge in [0.2, 0.25) is 5.91 Å². The van der Waals surface area contributed by atoms with Crippen molar-refractivity contribution >= 4 is 36.1 Å². The van der Waals surface area contributed by atoms with Crippen LogP contribution in [-0.2, 0) is 66.0 Å². The fourth-order valence-corrected chi connectivity index (χ4v) is 6.83. The van der Waals surface area contributed by atoms with Crippen molar-refractivity contribution < 1.29 is 57.6 Å². The normalized spacial score (nSPS) is 12.2. The van der Waals surface area contributed by atoms with Crippen molar-refractivity contribution in [2.75, 3.05) is 13.7 Å². The number of carbonyl (C=O) groups excluding carboxylic acids is 5. The molecule has 0 aromatic heterocycles. The number of ether oxygens (including phenoxy) is 5. The van der Waals surface area contributed by atoms with Gasteiger partial charge in [-0.3, -0.25) is 4.79 Å². The van der Waals surface area contributed by atoms with Gasteiger partial charge in [0.25, 0.3) is 0 Å². The molecule has 0 aliphatic carbocycles. The molecule has 5 aromatic rings. The van der Waals surface area contributed by atoms with E-state index >= 15 is 0 Å². The van der Waals surface area contributed by atoms with Crippen LogP contribution in [-0.4, -0.2) is 78.6 Å². The van der Waals surface area contributed by atoms with Crippen molar-refractivity contribution in [2.45, 2.75) is 90.0 Å². The van der Waals surface area contributed by atoms with E-state index < -0.39 is 59.9 Å². The van der Waals surface area contributed by atoms with Crippen LogP contribution in [0.4, 0.5) is 14.4 Å². The van der Waals surface area contributed by atoms with Crippen molar-refractivity contribution in [3.05, 3.63) is 161 Å². The van der Waals surface area contributed by atoms with E-state index in [0.717, 1.165) is 16.7 Å². The lowest BCUT2D eigenvalue weighted by Gasteiger charge is -2.25. The van der Waals surface area contributed by atoms with E-state index in [1.54, 1.807) is 69.3 Å². The second-order valence-electron chi connectivity index (χ2n) is 16.7. The highest BCUT2D eigenvalue weighted by Crippen LogP contribution is 2.30. The molecule has 0 fully saturated rings. The smallest absolute Gasteiger partial charge is 0.408 e. The third-order valence-corrected chi connectivity index (χ3v) is 10.2. The molecule has 4 amide bonds. The van der Waals surface area contributed by atoms with E-state index in [9.17, 15) is 33.9 Å². The largest absolute Gasteiger partial charge is 0.489 e. The molecule has 0 radical (unpaired) electrons. The molecule has 16 nitrogen and oxygen atoms in total. The third kappa shape index (κ3) is 17.5. The number of amides is 4. The standard InChI is InChI=1S/C52H58N4O12/c1-52(2,3)68-51(63)55-42(24-15-27-53-49(61)66-33-36-18-10-6-11-19-36)46(57)54-44(48(60)64-4)29-38-22-14-23-39(28-38)40-25-26-45(65-32-35-16-8-5-9-17-35)41(30-40)31-43(47(58)59)56-50(62)67-34-37-20-12-7-13-21-37/h5-14,16-23,25-26,28,30,42-44H,15,24,27,29,31-34H2,1-4H3,(H,53,61)(H,54,57)(H,55,63)(H,56,62)(H,58,59)/t42-,43-,44-/m0/s1. The number of esters is 1. The molecule has 0 bridgehead atoms. The molecular weight excluding hydrogens is 873 g/mol. The Morgan fingerprint density at radius 1 is 0.574 bits per heavy atom. The van der Waals surface area contributed by atoms with Gasteiger partial charge < -0.3 is 50.1 Å². The lowest BCUT2D eigenvalue weighted by molar-refractivity contribution is -0.145. The van der Waals surface area contributed by atoms with Gasteiger partial charge in [0.15, 0.2) is 0 Å². The zero-order chi connectivity index (χ0) is 48.9. The minimum atomic E-state index is -1.38. The fraction of sp³-hybridized carbons (Fsp3) is 0.308. The molecule has 0 aliphatic heterocycles. The van der Waals surface area contributed by atoms with Crippen molar-refractivity contribution in [1.82, 2.24) is 21.3 Å². The summed E-state index contributed by atoms with van der Waals surface area (Å²) in [6, 6.07) is 36.4. The Labute approximate surface area is 395 Å². The van der Waals surface area contributed by atoms with Gasteiger partial charge in [0.05, 0.1) is 7.11 Å². The van der Waals surface area contributed by atoms with Gasteiger partial charge in [-0.15, -0.1) is 0 Å². The number of carboxylic acids is 1. The first-order chi connectivity index (χ1) is 32.6. The van der Waals surface area contributed by atoms with E-state index in [1.807, 2.05) is 84.9 Å². The summed E-state index contributed by atoms with van der Waals surface area (Å²) in [6.07, 6.45) is -2.25. The monoisotopic (exact) mass is 930 g/mol. The Kier molecular flexibility index (Phi) is 19.3. The number of hydrogen-bond donors (Lipinski definition) is 5. The van der Waals surface area contributed by atoms with Crippen LogP contribution < -0.4 is 26.0 Å². The molecule has 5 N–H and O–H groups in total. The number of carboxylic acid groups (broad SMARTS) is 1. The Morgan fingerprint density at radius 2 is 1.13 bits per heavy atom. The van der Waals surface area contributed by atoms with E-state index in [1.165, 1.54) is 7.11 Å². The van der Waals surface area contributed by atoms with E-state index in [2.05, 4.69) is 21.3 Å². The molecule has 68 heavy (non-hydrogen) atoms. The summed E-state index contributed by atoms with van der Waals surface area (Å²) in [4.78, 5) is 77.7. The van der Waals surface area contributed by atoms with Crippen molar-refractivity contribution in [1.29, 1.82) is 0 Å². The van der Waals surface area contributed by atoms with Gasteiger partial charge in [0.1, 0.15) is 49.3 Å². The Balaban J connectivity index is 1.31. The Bertz CT molecular complexity index is 2450. The molecule has 0 heterocycles. The van der Waals surface area contributed by atoms with Crippen LogP contribution >= 0.6 is 0 Å². The van der Waals surface area contributed by atoms with Gasteiger partial charge in [-0.1, -0.05) is 121 Å². The molecule has 5 rings (SSSR count). The molecule has 0 aliphatic rings. The average Bonchev–Trinajstić information content (AvgIpc) is 3.32. The zero-order valence-corrected chi connectivity index (χ0v) is 38.5. The molecule has 0 saturated heterocycles. The number of hydrogen-bond acceptors (Lipinski definition) is 11. The summed E-state index contributed by atoms with van der Waals surface area (Å²) in [5.41, 5.74) is 4.06. The summed E-state index contributed by atoms with van der Waals surface area (Å²) in [7, 11) is 1.20. The van der Waals surface area contributed by atoms with Crippen molar-refractivity contribution in [3.8, 4) is 16.9 Å². The molecule has 358 valence electrons. The molecule has 0 saturated carbocycles. The summed E-state index contributed by atoms with van der Waals surface area (Å²) >= 11 is 0. The van der Waals surface area contributed by atoms with E-state index in [-0.39, 0.29) is 52.0 Å². The average molecular weight is 931 g/mol. The number of rotatable bonds is 22. The second-order valence-corrected chi connectivity index (χ2v) is 16.7. The van der Waals surface area contributed by atoms with Crippen LogP contribution in [0.1, 0.15) is 61.4 Å². The van der Waals surface area contributed by atoms with Gasteiger partial charge in [-0.05, 0) is 84.7 Å². The minimum absolute atomic E-state index is 0.0125. The van der Waals surface area contributed by atoms with Gasteiger partial charge in [-0.25, -0.2) is 24.0 Å². The van der Waals surface area contributed by atoms with E-state index in [4.69, 9.17) is 23.7 Å². The van der Waals surface area contributed by atoms with Crippen LogP contribution in [0.25, 0.3) is 11.1 Å². The second kappa shape index (κ2) is 25.7. The predicted octanol–water partition coefficient (Wildman–Crippen LogP) is 7.65. The first-order valence-corrected chi connectivity index (χ1v) is 22.1. The third-order valence-electron chi connectivity index (χ3n) is 10.2. The number of methoxy groups -OCH3 is 1. The van der Waals surface area contributed by atoms with Crippen molar-refractivity contribution in [3.63, 3.8) is 0 Å².